The van der Waals surface area contributed by atoms with Gasteiger partial charge >= 0.3 is 0 Å². The highest BCUT2D eigenvalue weighted by molar-refractivity contribution is 5.79. The molecule has 1 amide bonds. The molecule has 1 aromatic rings. The van der Waals surface area contributed by atoms with Crippen molar-refractivity contribution >= 4 is 11.6 Å². The Kier molecular flexibility index (Phi) is 4.43. The molecular formula is C15H22N2O2. The number of nitrogens with zero attached hydrogens (tertiary/aromatic N) is 1. The number of anilines is 1. The van der Waals surface area contributed by atoms with E-state index in [0.717, 1.165) is 24.1 Å². The van der Waals surface area contributed by atoms with Gasteiger partial charge in [0.2, 0.25) is 5.91 Å². The molecule has 1 aromatic carbocycles. The van der Waals surface area contributed by atoms with E-state index in [2.05, 4.69) is 4.90 Å². The lowest BCUT2D eigenvalue weighted by Gasteiger charge is -2.30. The predicted octanol–water partition coefficient (Wildman–Crippen LogP) is 1.97. The van der Waals surface area contributed by atoms with Gasteiger partial charge in [-0.3, -0.25) is 4.79 Å². The molecule has 4 heteroatoms. The third-order valence-electron chi connectivity index (χ3n) is 3.80. The number of hydrogen-bond acceptors (Lipinski definition) is 3. The van der Waals surface area contributed by atoms with Gasteiger partial charge in [-0.1, -0.05) is 25.0 Å². The second-order valence-electron chi connectivity index (χ2n) is 5.30. The minimum atomic E-state index is -0.467. The number of rotatable bonds is 5. The van der Waals surface area contributed by atoms with E-state index in [0.29, 0.717) is 6.04 Å². The molecule has 0 aromatic heterocycles. The van der Waals surface area contributed by atoms with Gasteiger partial charge in [0.25, 0.3) is 0 Å². The van der Waals surface area contributed by atoms with Crippen molar-refractivity contribution in [2.24, 2.45) is 5.73 Å². The molecular weight excluding hydrogens is 240 g/mol. The molecule has 0 bridgehead atoms. The van der Waals surface area contributed by atoms with E-state index in [1.165, 1.54) is 12.8 Å². The van der Waals surface area contributed by atoms with Crippen LogP contribution in [0.5, 0.6) is 0 Å². The van der Waals surface area contributed by atoms with E-state index < -0.39 is 6.10 Å². The van der Waals surface area contributed by atoms with E-state index >= 15 is 0 Å². The number of benzene rings is 1. The van der Waals surface area contributed by atoms with Crippen LogP contribution in [-0.4, -0.2) is 23.6 Å². The fraction of sp³-hybridized carbons (Fsp3) is 0.533. The van der Waals surface area contributed by atoms with E-state index in [9.17, 15) is 9.90 Å². The van der Waals surface area contributed by atoms with Gasteiger partial charge in [0.15, 0.2) is 0 Å². The number of carbonyl (C=O) groups excluding carboxylic acids is 1. The maximum Gasteiger partial charge on any atom is 0.236 e. The zero-order valence-corrected chi connectivity index (χ0v) is 11.4. The Morgan fingerprint density at radius 3 is 2.42 bits per heavy atom. The van der Waals surface area contributed by atoms with E-state index in [1.54, 1.807) is 6.92 Å². The number of aliphatic hydroxyl groups is 1. The lowest BCUT2D eigenvalue weighted by Crippen LogP contribution is -2.40. The molecule has 1 aliphatic rings. The van der Waals surface area contributed by atoms with Crippen LogP contribution >= 0.6 is 0 Å². The number of aliphatic hydroxyl groups excluding tert-OH is 1. The quantitative estimate of drug-likeness (QED) is 0.852. The zero-order chi connectivity index (χ0) is 13.8. The Bertz CT molecular complexity index is 422. The molecule has 0 aliphatic heterocycles. The van der Waals surface area contributed by atoms with Gasteiger partial charge in [0.1, 0.15) is 0 Å². The SMILES string of the molecule is C[C@@H](O)c1ccc(N(CC(N)=O)C2CCCC2)cc1. The molecule has 0 unspecified atom stereocenters. The smallest absolute Gasteiger partial charge is 0.236 e. The lowest BCUT2D eigenvalue weighted by atomic mass is 10.1. The Morgan fingerprint density at radius 2 is 1.95 bits per heavy atom. The minimum absolute atomic E-state index is 0.263. The Morgan fingerprint density at radius 1 is 1.37 bits per heavy atom. The number of amides is 1. The Labute approximate surface area is 114 Å². The Balaban J connectivity index is 2.19. The van der Waals surface area contributed by atoms with Crippen molar-refractivity contribution in [1.82, 2.24) is 0 Å². The van der Waals surface area contributed by atoms with Crippen molar-refractivity contribution in [2.45, 2.75) is 44.8 Å². The Hall–Kier alpha value is -1.55. The van der Waals surface area contributed by atoms with Crippen LogP contribution in [0.4, 0.5) is 5.69 Å². The first-order chi connectivity index (χ1) is 9.08. The van der Waals surface area contributed by atoms with Gasteiger partial charge in [-0.15, -0.1) is 0 Å². The van der Waals surface area contributed by atoms with E-state index in [1.807, 2.05) is 24.3 Å². The van der Waals surface area contributed by atoms with Crippen molar-refractivity contribution in [3.8, 4) is 0 Å². The molecule has 4 nitrogen and oxygen atoms in total. The summed E-state index contributed by atoms with van der Waals surface area (Å²) in [6, 6.07) is 8.14. The average molecular weight is 262 g/mol. The summed E-state index contributed by atoms with van der Waals surface area (Å²) in [7, 11) is 0. The van der Waals surface area contributed by atoms with Crippen LogP contribution in [0.1, 0.15) is 44.3 Å². The monoisotopic (exact) mass is 262 g/mol. The molecule has 0 spiro atoms. The highest BCUT2D eigenvalue weighted by Gasteiger charge is 2.24. The van der Waals surface area contributed by atoms with Crippen molar-refractivity contribution < 1.29 is 9.90 Å². The molecule has 104 valence electrons. The molecule has 1 aliphatic carbocycles. The second-order valence-corrected chi connectivity index (χ2v) is 5.30. The first-order valence-corrected chi connectivity index (χ1v) is 6.91. The molecule has 1 atom stereocenters. The number of carbonyl (C=O) groups is 1. The highest BCUT2D eigenvalue weighted by atomic mass is 16.3. The number of primary amides is 1. The third-order valence-corrected chi connectivity index (χ3v) is 3.80. The first kappa shape index (κ1) is 13.9. The number of hydrogen-bond donors (Lipinski definition) is 2. The molecule has 1 saturated carbocycles. The maximum atomic E-state index is 11.3. The molecule has 1 fully saturated rings. The molecule has 3 N–H and O–H groups in total. The van der Waals surface area contributed by atoms with Crippen molar-refractivity contribution in [2.75, 3.05) is 11.4 Å². The van der Waals surface area contributed by atoms with Crippen LogP contribution < -0.4 is 10.6 Å². The van der Waals surface area contributed by atoms with Crippen molar-refractivity contribution in [3.63, 3.8) is 0 Å². The molecule has 0 heterocycles. The summed E-state index contributed by atoms with van der Waals surface area (Å²) < 4.78 is 0. The second kappa shape index (κ2) is 6.06. The normalized spacial score (nSPS) is 17.4. The van der Waals surface area contributed by atoms with Crippen LogP contribution in [0, 0.1) is 0 Å². The van der Waals surface area contributed by atoms with E-state index in [4.69, 9.17) is 5.73 Å². The van der Waals surface area contributed by atoms with Crippen LogP contribution in [0.2, 0.25) is 0 Å². The molecule has 0 radical (unpaired) electrons. The third kappa shape index (κ3) is 3.47. The van der Waals surface area contributed by atoms with Gasteiger partial charge < -0.3 is 15.7 Å². The van der Waals surface area contributed by atoms with Crippen LogP contribution in [0.25, 0.3) is 0 Å². The van der Waals surface area contributed by atoms with Gasteiger partial charge in [0.05, 0.1) is 12.6 Å². The first-order valence-electron chi connectivity index (χ1n) is 6.91. The van der Waals surface area contributed by atoms with E-state index in [-0.39, 0.29) is 12.5 Å². The average Bonchev–Trinajstić information content (AvgIpc) is 2.89. The fourth-order valence-electron chi connectivity index (χ4n) is 2.76. The fourth-order valence-corrected chi connectivity index (χ4v) is 2.76. The summed E-state index contributed by atoms with van der Waals surface area (Å²) in [6.45, 7) is 2.01. The summed E-state index contributed by atoms with van der Waals surface area (Å²) in [4.78, 5) is 13.4. The predicted molar refractivity (Wildman–Crippen MR) is 75.9 cm³/mol. The molecule has 2 rings (SSSR count). The van der Waals surface area contributed by atoms with Gasteiger partial charge in [0, 0.05) is 11.7 Å². The van der Waals surface area contributed by atoms with Crippen LogP contribution in [0.15, 0.2) is 24.3 Å². The van der Waals surface area contributed by atoms with Gasteiger partial charge in [-0.25, -0.2) is 0 Å². The standard InChI is InChI=1S/C15H22N2O2/c1-11(18)12-6-8-14(9-7-12)17(10-15(16)19)13-4-2-3-5-13/h6-9,11,13,18H,2-5,10H2,1H3,(H2,16,19)/t11-/m1/s1. The summed E-state index contributed by atoms with van der Waals surface area (Å²) in [5.41, 5.74) is 7.25. The summed E-state index contributed by atoms with van der Waals surface area (Å²) in [5.74, 6) is -0.300. The highest BCUT2D eigenvalue weighted by Crippen LogP contribution is 2.28. The zero-order valence-electron chi connectivity index (χ0n) is 11.4. The summed E-state index contributed by atoms with van der Waals surface area (Å²) >= 11 is 0. The topological polar surface area (TPSA) is 66.6 Å². The van der Waals surface area contributed by atoms with Crippen LogP contribution in [0.3, 0.4) is 0 Å². The minimum Gasteiger partial charge on any atom is -0.389 e. The van der Waals surface area contributed by atoms with Gasteiger partial charge in [-0.05, 0) is 37.5 Å². The molecule has 0 saturated heterocycles. The summed E-state index contributed by atoms with van der Waals surface area (Å²) in [6.07, 6.45) is 4.19. The maximum absolute atomic E-state index is 11.3. The number of nitrogens with two attached hydrogens (primary N) is 1. The molecule has 19 heavy (non-hydrogen) atoms. The largest absolute Gasteiger partial charge is 0.389 e. The van der Waals surface area contributed by atoms with Crippen LogP contribution in [-0.2, 0) is 4.79 Å². The lowest BCUT2D eigenvalue weighted by molar-refractivity contribution is -0.116. The van der Waals surface area contributed by atoms with Crippen molar-refractivity contribution in [3.05, 3.63) is 29.8 Å². The van der Waals surface area contributed by atoms with Crippen molar-refractivity contribution in [1.29, 1.82) is 0 Å². The van der Waals surface area contributed by atoms with Gasteiger partial charge in [-0.2, -0.15) is 0 Å². The summed E-state index contributed by atoms with van der Waals surface area (Å²) in [5, 5.41) is 9.52.